The molecule has 0 bridgehead atoms. The van der Waals surface area contributed by atoms with E-state index in [1.165, 1.54) is 28.9 Å². The largest absolute Gasteiger partial charge is 0.292 e. The SMILES string of the molecule is c1ccc(CN2CCCC2c2cccnc2Sc2ccccc2)cc1. The fourth-order valence-electron chi connectivity index (χ4n) is 3.53. The van der Waals surface area contributed by atoms with E-state index in [9.17, 15) is 0 Å². The van der Waals surface area contributed by atoms with Gasteiger partial charge in [-0.05, 0) is 43.1 Å². The molecule has 1 saturated heterocycles. The van der Waals surface area contributed by atoms with Gasteiger partial charge in [-0.1, -0.05) is 66.4 Å². The van der Waals surface area contributed by atoms with Crippen LogP contribution in [0, 0.1) is 0 Å². The first-order valence-electron chi connectivity index (χ1n) is 8.86. The summed E-state index contributed by atoms with van der Waals surface area (Å²) in [6.45, 7) is 2.17. The first-order chi connectivity index (χ1) is 12.4. The molecule has 126 valence electrons. The predicted molar refractivity (Wildman–Crippen MR) is 104 cm³/mol. The quantitative estimate of drug-likeness (QED) is 0.601. The summed E-state index contributed by atoms with van der Waals surface area (Å²) in [7, 11) is 0. The molecule has 0 N–H and O–H groups in total. The van der Waals surface area contributed by atoms with Crippen LogP contribution < -0.4 is 0 Å². The molecule has 0 amide bonds. The van der Waals surface area contributed by atoms with E-state index in [-0.39, 0.29) is 0 Å². The van der Waals surface area contributed by atoms with Crippen LogP contribution in [0.3, 0.4) is 0 Å². The lowest BCUT2D eigenvalue weighted by Crippen LogP contribution is -2.23. The van der Waals surface area contributed by atoms with E-state index in [1.807, 2.05) is 6.20 Å². The Bertz CT molecular complexity index is 805. The average molecular weight is 346 g/mol. The molecule has 1 fully saturated rings. The van der Waals surface area contributed by atoms with E-state index >= 15 is 0 Å². The fraction of sp³-hybridized carbons (Fsp3) is 0.227. The molecule has 2 heterocycles. The standard InChI is InChI=1S/C22H22N2S/c1-3-9-18(10-4-1)17-24-16-8-14-21(24)20-13-7-15-23-22(20)25-19-11-5-2-6-12-19/h1-7,9-13,15,21H,8,14,16-17H2. The second-order valence-corrected chi connectivity index (χ2v) is 7.49. The van der Waals surface area contributed by atoms with E-state index in [4.69, 9.17) is 4.98 Å². The minimum atomic E-state index is 0.458. The second-order valence-electron chi connectivity index (χ2n) is 6.43. The summed E-state index contributed by atoms with van der Waals surface area (Å²) < 4.78 is 0. The summed E-state index contributed by atoms with van der Waals surface area (Å²) in [4.78, 5) is 8.54. The van der Waals surface area contributed by atoms with Crippen LogP contribution in [0.5, 0.6) is 0 Å². The molecule has 3 heteroatoms. The summed E-state index contributed by atoms with van der Waals surface area (Å²) in [5.41, 5.74) is 2.75. The molecule has 2 nitrogen and oxygen atoms in total. The molecule has 0 saturated carbocycles. The Morgan fingerprint density at radius 3 is 2.48 bits per heavy atom. The van der Waals surface area contributed by atoms with Crippen LogP contribution in [-0.4, -0.2) is 16.4 Å². The minimum Gasteiger partial charge on any atom is -0.292 e. The molecule has 1 aliphatic heterocycles. The maximum atomic E-state index is 4.70. The van der Waals surface area contributed by atoms with Crippen molar-refractivity contribution < 1.29 is 0 Å². The first-order valence-corrected chi connectivity index (χ1v) is 9.67. The molecule has 4 rings (SSSR count). The zero-order chi connectivity index (χ0) is 16.9. The van der Waals surface area contributed by atoms with E-state index in [0.717, 1.165) is 18.1 Å². The molecule has 0 radical (unpaired) electrons. The molecular formula is C22H22N2S. The summed E-state index contributed by atoms with van der Waals surface area (Å²) in [6.07, 6.45) is 4.37. The normalized spacial score (nSPS) is 17.7. The van der Waals surface area contributed by atoms with Crippen molar-refractivity contribution in [2.75, 3.05) is 6.54 Å². The van der Waals surface area contributed by atoms with Crippen molar-refractivity contribution in [2.24, 2.45) is 0 Å². The Hall–Kier alpha value is -2.10. The highest BCUT2D eigenvalue weighted by Crippen LogP contribution is 2.39. The average Bonchev–Trinajstić information content (AvgIpc) is 3.12. The highest BCUT2D eigenvalue weighted by molar-refractivity contribution is 7.99. The molecule has 0 aliphatic carbocycles. The lowest BCUT2D eigenvalue weighted by Gasteiger charge is -2.26. The van der Waals surface area contributed by atoms with E-state index in [2.05, 4.69) is 77.7 Å². The Balaban J connectivity index is 1.58. The zero-order valence-electron chi connectivity index (χ0n) is 14.2. The maximum Gasteiger partial charge on any atom is 0.105 e. The lowest BCUT2D eigenvalue weighted by atomic mass is 10.1. The second kappa shape index (κ2) is 7.85. The van der Waals surface area contributed by atoms with E-state index in [0.29, 0.717) is 6.04 Å². The van der Waals surface area contributed by atoms with Gasteiger partial charge in [0.2, 0.25) is 0 Å². The van der Waals surface area contributed by atoms with Gasteiger partial charge >= 0.3 is 0 Å². The fourth-order valence-corrected chi connectivity index (χ4v) is 4.48. The molecular weight excluding hydrogens is 324 g/mol. The number of rotatable bonds is 5. The maximum absolute atomic E-state index is 4.70. The van der Waals surface area contributed by atoms with Gasteiger partial charge in [0.15, 0.2) is 0 Å². The van der Waals surface area contributed by atoms with Crippen LogP contribution >= 0.6 is 11.8 Å². The number of hydrogen-bond donors (Lipinski definition) is 0. The van der Waals surface area contributed by atoms with Gasteiger partial charge in [-0.2, -0.15) is 0 Å². The topological polar surface area (TPSA) is 16.1 Å². The highest BCUT2D eigenvalue weighted by Gasteiger charge is 2.28. The third-order valence-electron chi connectivity index (χ3n) is 4.71. The van der Waals surface area contributed by atoms with Crippen LogP contribution in [0.4, 0.5) is 0 Å². The van der Waals surface area contributed by atoms with Crippen molar-refractivity contribution in [3.8, 4) is 0 Å². The van der Waals surface area contributed by atoms with Gasteiger partial charge in [0.25, 0.3) is 0 Å². The summed E-state index contributed by atoms with van der Waals surface area (Å²) in [5, 5.41) is 1.14. The Kier molecular flexibility index (Phi) is 5.14. The number of nitrogens with zero attached hydrogens (tertiary/aromatic N) is 2. The zero-order valence-corrected chi connectivity index (χ0v) is 15.0. The molecule has 1 aromatic heterocycles. The third kappa shape index (κ3) is 3.94. The predicted octanol–water partition coefficient (Wildman–Crippen LogP) is 5.57. The van der Waals surface area contributed by atoms with Gasteiger partial charge in [0, 0.05) is 29.2 Å². The molecule has 2 aromatic carbocycles. The van der Waals surface area contributed by atoms with Gasteiger partial charge in [0.05, 0.1) is 0 Å². The van der Waals surface area contributed by atoms with Crippen molar-refractivity contribution in [2.45, 2.75) is 35.3 Å². The van der Waals surface area contributed by atoms with Crippen LogP contribution in [0.2, 0.25) is 0 Å². The molecule has 3 aromatic rings. The Labute approximate surface area is 153 Å². The van der Waals surface area contributed by atoms with E-state index in [1.54, 1.807) is 11.8 Å². The summed E-state index contributed by atoms with van der Waals surface area (Å²) in [6, 6.07) is 26.1. The van der Waals surface area contributed by atoms with Crippen molar-refractivity contribution in [1.29, 1.82) is 0 Å². The van der Waals surface area contributed by atoms with E-state index < -0.39 is 0 Å². The van der Waals surface area contributed by atoms with Crippen LogP contribution in [-0.2, 0) is 6.54 Å². The Morgan fingerprint density at radius 2 is 1.68 bits per heavy atom. The molecule has 1 atom stereocenters. The molecule has 0 spiro atoms. The number of benzene rings is 2. The van der Waals surface area contributed by atoms with Crippen molar-refractivity contribution >= 4 is 11.8 Å². The van der Waals surface area contributed by atoms with Crippen LogP contribution in [0.25, 0.3) is 0 Å². The number of pyridine rings is 1. The van der Waals surface area contributed by atoms with Gasteiger partial charge in [0.1, 0.15) is 5.03 Å². The van der Waals surface area contributed by atoms with Gasteiger partial charge < -0.3 is 0 Å². The van der Waals surface area contributed by atoms with Gasteiger partial charge in [-0.3, -0.25) is 4.90 Å². The van der Waals surface area contributed by atoms with Crippen LogP contribution in [0.1, 0.15) is 30.0 Å². The van der Waals surface area contributed by atoms with Crippen molar-refractivity contribution in [1.82, 2.24) is 9.88 Å². The van der Waals surface area contributed by atoms with Crippen molar-refractivity contribution in [3.63, 3.8) is 0 Å². The molecule has 1 unspecified atom stereocenters. The van der Waals surface area contributed by atoms with Gasteiger partial charge in [-0.15, -0.1) is 0 Å². The Morgan fingerprint density at radius 1 is 0.920 bits per heavy atom. The summed E-state index contributed by atoms with van der Waals surface area (Å²) in [5.74, 6) is 0. The highest BCUT2D eigenvalue weighted by atomic mass is 32.2. The minimum absolute atomic E-state index is 0.458. The first kappa shape index (κ1) is 16.4. The van der Waals surface area contributed by atoms with Crippen LogP contribution in [0.15, 0.2) is 88.9 Å². The van der Waals surface area contributed by atoms with Gasteiger partial charge in [-0.25, -0.2) is 4.98 Å². The number of likely N-dealkylation sites (tertiary alicyclic amines) is 1. The third-order valence-corrected chi connectivity index (χ3v) is 5.75. The number of hydrogen-bond acceptors (Lipinski definition) is 3. The monoisotopic (exact) mass is 346 g/mol. The lowest BCUT2D eigenvalue weighted by molar-refractivity contribution is 0.245. The number of aromatic nitrogens is 1. The van der Waals surface area contributed by atoms with Crippen molar-refractivity contribution in [3.05, 3.63) is 90.1 Å². The smallest absolute Gasteiger partial charge is 0.105 e. The summed E-state index contributed by atoms with van der Waals surface area (Å²) >= 11 is 1.77. The molecule has 25 heavy (non-hydrogen) atoms. The molecule has 1 aliphatic rings.